The number of nitrogens with one attached hydrogen (secondary N) is 1. The molecule has 0 amide bonds. The molecule has 0 fully saturated rings. The van der Waals surface area contributed by atoms with Crippen molar-refractivity contribution in [1.29, 1.82) is 0 Å². The summed E-state index contributed by atoms with van der Waals surface area (Å²) in [5, 5.41) is 15.3. The van der Waals surface area contributed by atoms with Crippen LogP contribution in [0.4, 0.5) is 10.1 Å². The number of aromatic hydroxyl groups is 1. The molecule has 168 valence electrons. The summed E-state index contributed by atoms with van der Waals surface area (Å²) in [7, 11) is 0. The van der Waals surface area contributed by atoms with E-state index in [-0.39, 0.29) is 23.6 Å². The molecule has 3 aromatic carbocycles. The fraction of sp³-hybridized carbons (Fsp3) is 0.185. The summed E-state index contributed by atoms with van der Waals surface area (Å²) in [6.45, 7) is 5.47. The monoisotopic (exact) mass is 444 g/mol. The topological polar surface area (TPSA) is 71.5 Å². The molecule has 4 rings (SSSR count). The lowest BCUT2D eigenvalue weighted by Crippen LogP contribution is -2.14. The lowest BCUT2D eigenvalue weighted by molar-refractivity contribution is 0.0378. The molecule has 0 radical (unpaired) electrons. The van der Waals surface area contributed by atoms with Gasteiger partial charge in [-0.3, -0.25) is 0 Å². The average Bonchev–Trinajstić information content (AvgIpc) is 2.79. The Morgan fingerprint density at radius 1 is 0.970 bits per heavy atom. The van der Waals surface area contributed by atoms with Crippen LogP contribution in [0.5, 0.6) is 5.75 Å². The Labute approximate surface area is 191 Å². The number of hydrogen-bond acceptors (Lipinski definition) is 5. The van der Waals surface area contributed by atoms with Gasteiger partial charge in [-0.1, -0.05) is 30.3 Å². The van der Waals surface area contributed by atoms with E-state index in [2.05, 4.69) is 10.3 Å². The smallest absolute Gasteiger partial charge is 0.338 e. The van der Waals surface area contributed by atoms with Crippen LogP contribution in [0.25, 0.3) is 10.9 Å². The maximum Gasteiger partial charge on any atom is 0.338 e. The molecule has 6 heteroatoms. The van der Waals surface area contributed by atoms with Crippen molar-refractivity contribution >= 4 is 22.6 Å². The highest BCUT2D eigenvalue weighted by molar-refractivity contribution is 5.90. The minimum atomic E-state index is -0.481. The van der Waals surface area contributed by atoms with E-state index < -0.39 is 6.04 Å². The van der Waals surface area contributed by atoms with E-state index in [0.717, 1.165) is 22.3 Å². The summed E-state index contributed by atoms with van der Waals surface area (Å²) < 4.78 is 18.8. The molecular formula is C27H25FN2O3. The van der Waals surface area contributed by atoms with Crippen molar-refractivity contribution in [2.24, 2.45) is 0 Å². The Bertz CT molecular complexity index is 1290. The third kappa shape index (κ3) is 4.95. The molecule has 33 heavy (non-hydrogen) atoms. The molecule has 1 atom stereocenters. The fourth-order valence-corrected chi connectivity index (χ4v) is 3.67. The number of carbonyl (C=O) groups excluding carboxylic acids is 1. The number of hydrogen-bond donors (Lipinski definition) is 2. The summed E-state index contributed by atoms with van der Waals surface area (Å²) in [6, 6.07) is 20.1. The normalized spacial score (nSPS) is 12.0. The lowest BCUT2D eigenvalue weighted by atomic mass is 9.95. The zero-order valence-corrected chi connectivity index (χ0v) is 18.7. The Hall–Kier alpha value is -3.93. The van der Waals surface area contributed by atoms with Crippen LogP contribution in [-0.4, -0.2) is 22.2 Å². The minimum Gasteiger partial charge on any atom is -0.505 e. The highest BCUT2D eigenvalue weighted by Crippen LogP contribution is 2.36. The summed E-state index contributed by atoms with van der Waals surface area (Å²) >= 11 is 0. The molecule has 4 aromatic rings. The summed E-state index contributed by atoms with van der Waals surface area (Å²) in [5.74, 6) is -0.666. The highest BCUT2D eigenvalue weighted by Gasteiger charge is 2.21. The van der Waals surface area contributed by atoms with Gasteiger partial charge in [-0.05, 0) is 68.8 Å². The van der Waals surface area contributed by atoms with Crippen LogP contribution in [0.3, 0.4) is 0 Å². The standard InChI is InChI=1S/C27H25FN2O3/c1-16(2)33-27(32)20-8-13-22(14-9-20)30-24(18-6-11-21(28)12-7-18)23-15-10-19-5-4-17(3)29-25(19)26(23)31/h4-16,24,30-31H,1-3H3. The van der Waals surface area contributed by atoms with Gasteiger partial charge in [0.15, 0.2) is 0 Å². The molecule has 1 unspecified atom stereocenters. The lowest BCUT2D eigenvalue weighted by Gasteiger charge is -2.23. The SMILES string of the molecule is Cc1ccc2ccc(C(Nc3ccc(C(=O)OC(C)C)cc3)c3ccc(F)cc3)c(O)c2n1. The number of benzene rings is 3. The zero-order chi connectivity index (χ0) is 23.5. The number of phenols is 1. The zero-order valence-electron chi connectivity index (χ0n) is 18.7. The van der Waals surface area contributed by atoms with Crippen LogP contribution in [0.2, 0.25) is 0 Å². The first-order valence-electron chi connectivity index (χ1n) is 10.7. The number of carbonyl (C=O) groups is 1. The third-order valence-corrected chi connectivity index (χ3v) is 5.29. The van der Waals surface area contributed by atoms with Crippen LogP contribution >= 0.6 is 0 Å². The third-order valence-electron chi connectivity index (χ3n) is 5.29. The van der Waals surface area contributed by atoms with Gasteiger partial charge in [0.1, 0.15) is 17.1 Å². The van der Waals surface area contributed by atoms with Crippen molar-refractivity contribution in [2.75, 3.05) is 5.32 Å². The predicted octanol–water partition coefficient (Wildman–Crippen LogP) is 6.15. The molecule has 0 bridgehead atoms. The fourth-order valence-electron chi connectivity index (χ4n) is 3.67. The summed E-state index contributed by atoms with van der Waals surface area (Å²) in [4.78, 5) is 16.6. The number of anilines is 1. The van der Waals surface area contributed by atoms with Crippen molar-refractivity contribution in [1.82, 2.24) is 4.98 Å². The van der Waals surface area contributed by atoms with Crippen molar-refractivity contribution in [3.8, 4) is 5.75 Å². The first-order valence-corrected chi connectivity index (χ1v) is 10.7. The van der Waals surface area contributed by atoms with Crippen molar-refractivity contribution in [2.45, 2.75) is 32.9 Å². The number of fused-ring (bicyclic) bond motifs is 1. The summed E-state index contributed by atoms with van der Waals surface area (Å²) in [6.07, 6.45) is -0.203. The Kier molecular flexibility index (Phi) is 6.27. The van der Waals surface area contributed by atoms with Crippen molar-refractivity contribution < 1.29 is 19.0 Å². The second kappa shape index (κ2) is 9.28. The van der Waals surface area contributed by atoms with E-state index in [1.165, 1.54) is 12.1 Å². The number of aromatic nitrogens is 1. The first-order chi connectivity index (χ1) is 15.8. The number of nitrogens with zero attached hydrogens (tertiary/aromatic N) is 1. The van der Waals surface area contributed by atoms with E-state index in [1.54, 1.807) is 50.2 Å². The number of rotatable bonds is 6. The molecule has 0 saturated carbocycles. The Morgan fingerprint density at radius 3 is 2.30 bits per heavy atom. The molecule has 0 aliphatic rings. The molecular weight excluding hydrogens is 419 g/mol. The van der Waals surface area contributed by atoms with Gasteiger partial charge in [0.25, 0.3) is 0 Å². The minimum absolute atomic E-state index is 0.0650. The number of ether oxygens (including phenoxy) is 1. The van der Waals surface area contributed by atoms with Gasteiger partial charge in [-0.15, -0.1) is 0 Å². The quantitative estimate of drug-likeness (QED) is 0.349. The van der Waals surface area contributed by atoms with Crippen LogP contribution in [0, 0.1) is 12.7 Å². The number of phenolic OH excluding ortho intramolecular Hbond substituents is 1. The van der Waals surface area contributed by atoms with Crippen molar-refractivity contribution in [3.63, 3.8) is 0 Å². The van der Waals surface area contributed by atoms with Crippen LogP contribution in [0.15, 0.2) is 72.8 Å². The molecule has 5 nitrogen and oxygen atoms in total. The van der Waals surface area contributed by atoms with Gasteiger partial charge < -0.3 is 15.2 Å². The van der Waals surface area contributed by atoms with E-state index >= 15 is 0 Å². The average molecular weight is 445 g/mol. The number of pyridine rings is 1. The van der Waals surface area contributed by atoms with Gasteiger partial charge in [0.05, 0.1) is 17.7 Å². The predicted molar refractivity (Wildman–Crippen MR) is 127 cm³/mol. The highest BCUT2D eigenvalue weighted by atomic mass is 19.1. The molecule has 0 spiro atoms. The second-order valence-corrected chi connectivity index (χ2v) is 8.19. The van der Waals surface area contributed by atoms with Crippen LogP contribution in [-0.2, 0) is 4.74 Å². The number of aryl methyl sites for hydroxylation is 1. The van der Waals surface area contributed by atoms with E-state index in [0.29, 0.717) is 16.6 Å². The van der Waals surface area contributed by atoms with Gasteiger partial charge >= 0.3 is 5.97 Å². The summed E-state index contributed by atoms with van der Waals surface area (Å²) in [5.41, 5.74) is 3.85. The van der Waals surface area contributed by atoms with Crippen LogP contribution in [0.1, 0.15) is 47.1 Å². The van der Waals surface area contributed by atoms with E-state index in [4.69, 9.17) is 4.74 Å². The van der Waals surface area contributed by atoms with Gasteiger partial charge in [-0.2, -0.15) is 0 Å². The molecule has 1 aromatic heterocycles. The van der Waals surface area contributed by atoms with Gasteiger partial charge in [0.2, 0.25) is 0 Å². The Balaban J connectivity index is 1.73. The van der Waals surface area contributed by atoms with Crippen LogP contribution < -0.4 is 5.32 Å². The molecule has 0 aliphatic carbocycles. The second-order valence-electron chi connectivity index (χ2n) is 8.19. The first kappa shape index (κ1) is 22.3. The largest absolute Gasteiger partial charge is 0.505 e. The molecule has 0 aliphatic heterocycles. The van der Waals surface area contributed by atoms with Crippen molar-refractivity contribution in [3.05, 3.63) is 101 Å². The maximum atomic E-state index is 13.6. The number of halogens is 1. The molecule has 1 heterocycles. The maximum absolute atomic E-state index is 13.6. The van der Waals surface area contributed by atoms with E-state index in [1.807, 2.05) is 31.2 Å². The van der Waals surface area contributed by atoms with E-state index in [9.17, 15) is 14.3 Å². The molecule has 2 N–H and O–H groups in total. The molecule has 0 saturated heterocycles. The number of esters is 1. The van der Waals surface area contributed by atoms with Gasteiger partial charge in [0, 0.05) is 22.3 Å². The van der Waals surface area contributed by atoms with Gasteiger partial charge in [-0.25, -0.2) is 14.2 Å². The Morgan fingerprint density at radius 2 is 1.64 bits per heavy atom.